The minimum Gasteiger partial charge on any atom is -0.102 e. The second-order valence-electron chi connectivity index (χ2n) is 11.2. The molecule has 0 aliphatic heterocycles. The summed E-state index contributed by atoms with van der Waals surface area (Å²) in [7, 11) is 0. The van der Waals surface area contributed by atoms with Gasteiger partial charge < -0.3 is 0 Å². The Morgan fingerprint density at radius 2 is 1.93 bits per heavy atom. The Kier molecular flexibility index (Phi) is 5.71. The van der Waals surface area contributed by atoms with E-state index in [-0.39, 0.29) is 0 Å². The number of hydrogen-bond acceptors (Lipinski definition) is 0. The monoisotopic (exact) mass is 380 g/mol. The summed E-state index contributed by atoms with van der Waals surface area (Å²) in [6, 6.07) is 0. The predicted octanol–water partition coefficient (Wildman–Crippen LogP) is 8.36. The summed E-state index contributed by atoms with van der Waals surface area (Å²) in [5, 5.41) is 0. The zero-order valence-corrected chi connectivity index (χ0v) is 19.1. The Morgan fingerprint density at radius 3 is 2.68 bits per heavy atom. The van der Waals surface area contributed by atoms with Gasteiger partial charge in [0.2, 0.25) is 0 Å². The van der Waals surface area contributed by atoms with Crippen LogP contribution in [-0.4, -0.2) is 0 Å². The van der Waals surface area contributed by atoms with Crippen LogP contribution in [0.1, 0.15) is 91.9 Å². The third kappa shape index (κ3) is 3.18. The Bertz CT molecular complexity index is 638. The zero-order valence-electron chi connectivity index (χ0n) is 19.1. The maximum absolute atomic E-state index is 4.01. The molecule has 8 atom stereocenters. The van der Waals surface area contributed by atoms with Crippen molar-refractivity contribution in [1.29, 1.82) is 0 Å². The van der Waals surface area contributed by atoms with Gasteiger partial charge in [-0.25, -0.2) is 0 Å². The predicted molar refractivity (Wildman–Crippen MR) is 122 cm³/mol. The molecule has 0 amide bonds. The van der Waals surface area contributed by atoms with Gasteiger partial charge in [0.15, 0.2) is 0 Å². The van der Waals surface area contributed by atoms with Crippen molar-refractivity contribution in [1.82, 2.24) is 0 Å². The third-order valence-corrected chi connectivity index (χ3v) is 10.2. The molecule has 0 bridgehead atoms. The molecule has 4 aliphatic rings. The van der Waals surface area contributed by atoms with Crippen LogP contribution in [0.5, 0.6) is 0 Å². The van der Waals surface area contributed by atoms with E-state index >= 15 is 0 Å². The van der Waals surface area contributed by atoms with E-state index < -0.39 is 0 Å². The van der Waals surface area contributed by atoms with Crippen LogP contribution in [0.2, 0.25) is 0 Å². The maximum atomic E-state index is 4.01. The molecule has 0 heterocycles. The van der Waals surface area contributed by atoms with Crippen LogP contribution in [0.4, 0.5) is 0 Å². The lowest BCUT2D eigenvalue weighted by Crippen LogP contribution is -2.49. The highest BCUT2D eigenvalue weighted by atomic mass is 14.6. The van der Waals surface area contributed by atoms with Crippen LogP contribution in [-0.2, 0) is 0 Å². The molecule has 28 heavy (non-hydrogen) atoms. The molecule has 0 heteroatoms. The first-order valence-corrected chi connectivity index (χ1v) is 12.4. The molecule has 1 unspecified atom stereocenters. The molecule has 4 aliphatic carbocycles. The van der Waals surface area contributed by atoms with E-state index in [2.05, 4.69) is 58.6 Å². The van der Waals surface area contributed by atoms with Crippen LogP contribution in [0.15, 0.2) is 36.5 Å². The van der Waals surface area contributed by atoms with Crippen molar-refractivity contribution < 1.29 is 0 Å². The topological polar surface area (TPSA) is 0 Å². The van der Waals surface area contributed by atoms with Gasteiger partial charge in [0.1, 0.15) is 0 Å². The van der Waals surface area contributed by atoms with Gasteiger partial charge in [-0.15, -0.1) is 6.58 Å². The summed E-state index contributed by atoms with van der Waals surface area (Å²) < 4.78 is 0. The second-order valence-corrected chi connectivity index (χ2v) is 11.2. The van der Waals surface area contributed by atoms with Gasteiger partial charge >= 0.3 is 0 Å². The zero-order chi connectivity index (χ0) is 19.9. The molecule has 3 fully saturated rings. The lowest BCUT2D eigenvalue weighted by molar-refractivity contribution is -0.0462. The highest BCUT2D eigenvalue weighted by Gasteiger charge is 2.58. The van der Waals surface area contributed by atoms with E-state index in [1.54, 1.807) is 0 Å². The minimum absolute atomic E-state index is 0.546. The van der Waals surface area contributed by atoms with Crippen molar-refractivity contribution in [2.45, 2.75) is 91.9 Å². The van der Waals surface area contributed by atoms with Crippen molar-refractivity contribution in [3.8, 4) is 0 Å². The van der Waals surface area contributed by atoms with Gasteiger partial charge in [-0.3, -0.25) is 0 Å². The minimum atomic E-state index is 0.546. The molecule has 0 aromatic rings. The quantitative estimate of drug-likeness (QED) is 0.420. The molecule has 4 rings (SSSR count). The summed E-state index contributed by atoms with van der Waals surface area (Å²) in [5.74, 6) is 5.03. The Labute approximate surface area is 175 Å². The van der Waals surface area contributed by atoms with E-state index in [1.165, 1.54) is 64.2 Å². The van der Waals surface area contributed by atoms with Crippen LogP contribution in [0.3, 0.4) is 0 Å². The van der Waals surface area contributed by atoms with E-state index in [9.17, 15) is 0 Å². The van der Waals surface area contributed by atoms with Crippen molar-refractivity contribution in [2.24, 2.45) is 46.3 Å². The first-order valence-electron chi connectivity index (χ1n) is 12.4. The molecule has 0 N–H and O–H groups in total. The van der Waals surface area contributed by atoms with E-state index in [1.807, 2.05) is 5.57 Å². The average molecular weight is 381 g/mol. The maximum Gasteiger partial charge on any atom is -0.00587 e. The van der Waals surface area contributed by atoms with E-state index in [0.717, 1.165) is 23.7 Å². The lowest BCUT2D eigenvalue weighted by atomic mass is 9.47. The molecule has 0 aromatic heterocycles. The van der Waals surface area contributed by atoms with Gasteiger partial charge in [-0.05, 0) is 104 Å². The van der Waals surface area contributed by atoms with Crippen LogP contribution in [0.25, 0.3) is 0 Å². The van der Waals surface area contributed by atoms with Crippen molar-refractivity contribution in [3.05, 3.63) is 36.5 Å². The van der Waals surface area contributed by atoms with Crippen LogP contribution >= 0.6 is 0 Å². The molecule has 0 aromatic carbocycles. The fourth-order valence-electron chi connectivity index (χ4n) is 8.44. The number of allylic oxidation sites excluding steroid dienone is 5. The summed E-state index contributed by atoms with van der Waals surface area (Å²) in [4.78, 5) is 0. The smallest absolute Gasteiger partial charge is 0.00587 e. The third-order valence-electron chi connectivity index (χ3n) is 10.2. The van der Waals surface area contributed by atoms with Crippen molar-refractivity contribution in [2.75, 3.05) is 0 Å². The summed E-state index contributed by atoms with van der Waals surface area (Å²) >= 11 is 0. The Balaban J connectivity index is 1.54. The van der Waals surface area contributed by atoms with Crippen LogP contribution in [0, 0.1) is 46.3 Å². The SMILES string of the molecule is C=CC(/C=C/[C@@H](C)[C@H]1CC[C@H]2[C@@H]3CC=C4CCCC[C@]4(C)[C@H]3CC[C@]12C)CC. The first-order chi connectivity index (χ1) is 13.4. The summed E-state index contributed by atoms with van der Waals surface area (Å²) in [5.41, 5.74) is 2.96. The number of hydrogen-bond donors (Lipinski definition) is 0. The number of fused-ring (bicyclic) bond motifs is 5. The largest absolute Gasteiger partial charge is 0.102 e. The van der Waals surface area contributed by atoms with Crippen molar-refractivity contribution >= 4 is 0 Å². The molecular formula is C28H44. The Hall–Kier alpha value is -0.780. The fourth-order valence-corrected chi connectivity index (χ4v) is 8.44. The number of rotatable bonds is 5. The van der Waals surface area contributed by atoms with Crippen molar-refractivity contribution in [3.63, 3.8) is 0 Å². The standard InChI is InChI=1S/C28H44/c1-6-21(7-2)12-11-20(3)24-15-16-25-23-14-13-22-10-8-9-18-27(22,4)26(23)17-19-28(24,25)5/h6,11-13,20-21,23-26H,1,7-10,14-19H2,2-5H3/b12-11+/t20-,21?,23+,24-,25+,26+,27+,28-/m1/s1. The van der Waals surface area contributed by atoms with Crippen LogP contribution < -0.4 is 0 Å². The molecular weight excluding hydrogens is 336 g/mol. The molecule has 0 radical (unpaired) electrons. The first kappa shape index (κ1) is 20.5. The van der Waals surface area contributed by atoms with Gasteiger partial charge in [-0.1, -0.05) is 64.0 Å². The van der Waals surface area contributed by atoms with Gasteiger partial charge in [-0.2, -0.15) is 0 Å². The fraction of sp³-hybridized carbons (Fsp3) is 0.786. The van der Waals surface area contributed by atoms with Gasteiger partial charge in [0.25, 0.3) is 0 Å². The van der Waals surface area contributed by atoms with Gasteiger partial charge in [0, 0.05) is 0 Å². The highest BCUT2D eigenvalue weighted by Crippen LogP contribution is 2.67. The Morgan fingerprint density at radius 1 is 1.11 bits per heavy atom. The summed E-state index contributed by atoms with van der Waals surface area (Å²) in [6.45, 7) is 14.1. The van der Waals surface area contributed by atoms with Gasteiger partial charge in [0.05, 0.1) is 0 Å². The molecule has 0 saturated heterocycles. The molecule has 156 valence electrons. The second kappa shape index (κ2) is 7.81. The molecule has 3 saturated carbocycles. The molecule has 0 nitrogen and oxygen atoms in total. The lowest BCUT2D eigenvalue weighted by Gasteiger charge is -2.58. The average Bonchev–Trinajstić information content (AvgIpc) is 3.05. The normalized spacial score (nSPS) is 44.9. The summed E-state index contributed by atoms with van der Waals surface area (Å²) in [6.07, 6.45) is 24.1. The van der Waals surface area contributed by atoms with E-state index in [0.29, 0.717) is 22.7 Å². The van der Waals surface area contributed by atoms with E-state index in [4.69, 9.17) is 0 Å². The highest BCUT2D eigenvalue weighted by molar-refractivity contribution is 5.24. The molecule has 0 spiro atoms.